The number of aliphatic hydroxyl groups excluding tert-OH is 1. The number of nitrogens with zero attached hydrogens (tertiary/aromatic N) is 5. The highest BCUT2D eigenvalue weighted by atomic mass is 19.4. The Morgan fingerprint density at radius 2 is 1.97 bits per heavy atom. The van der Waals surface area contributed by atoms with Crippen LogP contribution in [-0.2, 0) is 0 Å². The third-order valence-corrected chi connectivity index (χ3v) is 6.46. The number of halogens is 3. The Balaban J connectivity index is 1.53. The zero-order chi connectivity index (χ0) is 26.2. The maximum Gasteiger partial charge on any atom is 0.408 e. The van der Waals surface area contributed by atoms with Gasteiger partial charge in [-0.15, -0.1) is 10.2 Å². The fourth-order valence-corrected chi connectivity index (χ4v) is 4.90. The molecule has 1 fully saturated rings. The summed E-state index contributed by atoms with van der Waals surface area (Å²) in [5, 5.41) is 21.4. The van der Waals surface area contributed by atoms with E-state index in [1.807, 2.05) is 38.1 Å². The van der Waals surface area contributed by atoms with Crippen molar-refractivity contribution in [2.45, 2.75) is 44.6 Å². The highest BCUT2D eigenvalue weighted by Gasteiger charge is 2.46. The number of hydrogen-bond acceptors (Lipinski definition) is 7. The van der Waals surface area contributed by atoms with Crippen LogP contribution >= 0.6 is 0 Å². The van der Waals surface area contributed by atoms with Crippen molar-refractivity contribution in [3.8, 4) is 17.3 Å². The quantitative estimate of drug-likeness (QED) is 0.368. The summed E-state index contributed by atoms with van der Waals surface area (Å²) in [5.74, 6) is 0.974. The first-order valence-corrected chi connectivity index (χ1v) is 12.3. The summed E-state index contributed by atoms with van der Waals surface area (Å²) in [6.07, 6.45) is -2.48. The number of ether oxygens (including phenoxy) is 1. The summed E-state index contributed by atoms with van der Waals surface area (Å²) in [4.78, 5) is 6.18. The Morgan fingerprint density at radius 3 is 2.73 bits per heavy atom. The summed E-state index contributed by atoms with van der Waals surface area (Å²) in [5.41, 5.74) is 1.66. The molecular weight excluding hydrogens is 485 g/mol. The van der Waals surface area contributed by atoms with Crippen molar-refractivity contribution in [2.24, 2.45) is 0 Å². The molecule has 37 heavy (non-hydrogen) atoms. The average Bonchev–Trinajstić information content (AvgIpc) is 3.48. The van der Waals surface area contributed by atoms with Crippen LogP contribution in [0.25, 0.3) is 28.1 Å². The molecule has 0 aliphatic carbocycles. The van der Waals surface area contributed by atoms with E-state index in [0.717, 1.165) is 5.39 Å². The van der Waals surface area contributed by atoms with Crippen LogP contribution in [0.3, 0.4) is 0 Å². The molecule has 1 aliphatic heterocycles. The first-order chi connectivity index (χ1) is 17.7. The van der Waals surface area contributed by atoms with Crippen molar-refractivity contribution in [3.05, 3.63) is 54.2 Å². The molecule has 4 aromatic rings. The second-order valence-electron chi connectivity index (χ2n) is 9.51. The van der Waals surface area contributed by atoms with Gasteiger partial charge in [0, 0.05) is 37.3 Å². The number of pyridine rings is 2. The van der Waals surface area contributed by atoms with Crippen LogP contribution < -0.4 is 10.1 Å². The van der Waals surface area contributed by atoms with Crippen molar-refractivity contribution in [1.82, 2.24) is 29.8 Å². The number of aromatic nitrogens is 4. The minimum Gasteiger partial charge on any atom is -0.489 e. The van der Waals surface area contributed by atoms with E-state index in [0.29, 0.717) is 47.9 Å². The van der Waals surface area contributed by atoms with E-state index in [1.165, 1.54) is 17.2 Å². The number of benzene rings is 1. The van der Waals surface area contributed by atoms with Crippen molar-refractivity contribution in [3.63, 3.8) is 0 Å². The Kier molecular flexibility index (Phi) is 7.02. The van der Waals surface area contributed by atoms with E-state index in [-0.39, 0.29) is 30.9 Å². The Morgan fingerprint density at radius 1 is 1.14 bits per heavy atom. The average molecular weight is 515 g/mol. The second kappa shape index (κ2) is 10.2. The number of nitrogens with one attached hydrogen (secondary N) is 1. The monoisotopic (exact) mass is 514 g/mol. The Hall–Kier alpha value is -3.28. The van der Waals surface area contributed by atoms with Crippen LogP contribution in [0.1, 0.15) is 31.9 Å². The smallest absolute Gasteiger partial charge is 0.408 e. The van der Waals surface area contributed by atoms with Gasteiger partial charge in [-0.1, -0.05) is 24.3 Å². The first-order valence-electron chi connectivity index (χ1n) is 12.3. The van der Waals surface area contributed by atoms with E-state index in [9.17, 15) is 13.2 Å². The molecule has 0 amide bonds. The molecule has 0 spiro atoms. The summed E-state index contributed by atoms with van der Waals surface area (Å²) >= 11 is 0. The number of rotatable bonds is 8. The number of fused-ring (bicyclic) bond motifs is 2. The van der Waals surface area contributed by atoms with E-state index < -0.39 is 12.2 Å². The summed E-state index contributed by atoms with van der Waals surface area (Å²) in [7, 11) is 0. The van der Waals surface area contributed by atoms with Gasteiger partial charge in [0.05, 0.1) is 12.7 Å². The van der Waals surface area contributed by atoms with Gasteiger partial charge in [-0.3, -0.25) is 9.30 Å². The molecule has 5 rings (SSSR count). The maximum absolute atomic E-state index is 14.3. The zero-order valence-corrected chi connectivity index (χ0v) is 20.6. The number of hydrogen-bond donors (Lipinski definition) is 2. The van der Waals surface area contributed by atoms with Crippen LogP contribution in [0.5, 0.6) is 5.75 Å². The minimum atomic E-state index is -4.47. The lowest BCUT2D eigenvalue weighted by Crippen LogP contribution is -2.40. The standard InChI is InChI=1S/C26H29F3N6O2/c1-16(2)37-21-5-3-4-17-6-8-20(31-23(17)21)25-33-32-22-9-7-18(14-35(22)25)24(26(27,28)29)34-12-10-19(15-34)30-11-13-36/h3-9,14,16,19,24,30,36H,10-13,15H2,1-2H3/t19-,24+/m0/s1. The van der Waals surface area contributed by atoms with Crippen LogP contribution in [0.2, 0.25) is 0 Å². The third-order valence-electron chi connectivity index (χ3n) is 6.46. The molecule has 1 aliphatic rings. The zero-order valence-electron chi connectivity index (χ0n) is 20.6. The number of likely N-dealkylation sites (tertiary alicyclic amines) is 1. The molecule has 196 valence electrons. The topological polar surface area (TPSA) is 87.8 Å². The molecule has 11 heteroatoms. The highest BCUT2D eigenvalue weighted by molar-refractivity contribution is 5.86. The molecular formula is C26H29F3N6O2. The van der Waals surface area contributed by atoms with E-state index in [2.05, 4.69) is 15.5 Å². The predicted molar refractivity (Wildman–Crippen MR) is 133 cm³/mol. The molecule has 3 aromatic heterocycles. The molecule has 8 nitrogen and oxygen atoms in total. The molecule has 0 saturated carbocycles. The summed E-state index contributed by atoms with van der Waals surface area (Å²) in [6.45, 7) is 4.69. The van der Waals surface area contributed by atoms with Crippen molar-refractivity contribution in [2.75, 3.05) is 26.2 Å². The Bertz CT molecular complexity index is 1390. The van der Waals surface area contributed by atoms with Gasteiger partial charge >= 0.3 is 6.18 Å². The van der Waals surface area contributed by atoms with E-state index >= 15 is 0 Å². The fourth-order valence-electron chi connectivity index (χ4n) is 4.90. The molecule has 0 unspecified atom stereocenters. The van der Waals surface area contributed by atoms with Gasteiger partial charge in [-0.05, 0) is 44.0 Å². The van der Waals surface area contributed by atoms with Crippen LogP contribution in [0.15, 0.2) is 48.7 Å². The van der Waals surface area contributed by atoms with Gasteiger partial charge in [-0.25, -0.2) is 4.98 Å². The first kappa shape index (κ1) is 25.4. The van der Waals surface area contributed by atoms with Gasteiger partial charge in [0.25, 0.3) is 0 Å². The molecule has 2 atom stereocenters. The highest BCUT2D eigenvalue weighted by Crippen LogP contribution is 2.40. The SMILES string of the molecule is CC(C)Oc1cccc2ccc(-c3nnc4ccc([C@@H](N5CC[C@H](NCCO)C5)C(F)(F)F)cn34)nc12. The predicted octanol–water partition coefficient (Wildman–Crippen LogP) is 3.99. The van der Waals surface area contributed by atoms with Crippen molar-refractivity contribution in [1.29, 1.82) is 0 Å². The van der Waals surface area contributed by atoms with Gasteiger partial charge in [0.15, 0.2) is 11.5 Å². The van der Waals surface area contributed by atoms with E-state index in [1.54, 1.807) is 16.5 Å². The van der Waals surface area contributed by atoms with Gasteiger partial charge < -0.3 is 15.2 Å². The lowest BCUT2D eigenvalue weighted by Gasteiger charge is -2.30. The van der Waals surface area contributed by atoms with Gasteiger partial charge in [0.2, 0.25) is 0 Å². The number of alkyl halides is 3. The lowest BCUT2D eigenvalue weighted by atomic mass is 10.1. The van der Waals surface area contributed by atoms with Crippen LogP contribution in [0.4, 0.5) is 13.2 Å². The van der Waals surface area contributed by atoms with Crippen molar-refractivity contribution >= 4 is 16.6 Å². The molecule has 0 radical (unpaired) electrons. The van der Waals surface area contributed by atoms with E-state index in [4.69, 9.17) is 14.8 Å². The summed E-state index contributed by atoms with van der Waals surface area (Å²) in [6, 6.07) is 10.5. The number of para-hydroxylation sites is 1. The second-order valence-corrected chi connectivity index (χ2v) is 9.51. The van der Waals surface area contributed by atoms with Gasteiger partial charge in [0.1, 0.15) is 23.0 Å². The molecule has 4 heterocycles. The maximum atomic E-state index is 14.3. The lowest BCUT2D eigenvalue weighted by molar-refractivity contribution is -0.184. The van der Waals surface area contributed by atoms with Crippen LogP contribution in [0, 0.1) is 0 Å². The summed E-state index contributed by atoms with van der Waals surface area (Å²) < 4.78 is 50.5. The number of aliphatic hydroxyl groups is 1. The molecule has 2 N–H and O–H groups in total. The molecule has 1 aromatic carbocycles. The third kappa shape index (κ3) is 5.25. The van der Waals surface area contributed by atoms with Crippen LogP contribution in [-0.4, -0.2) is 74.2 Å². The molecule has 0 bridgehead atoms. The largest absolute Gasteiger partial charge is 0.489 e. The molecule has 1 saturated heterocycles. The van der Waals surface area contributed by atoms with Gasteiger partial charge in [-0.2, -0.15) is 13.2 Å². The normalized spacial score (nSPS) is 17.8. The van der Waals surface area contributed by atoms with Crippen molar-refractivity contribution < 1.29 is 23.0 Å². The fraction of sp³-hybridized carbons (Fsp3) is 0.423. The minimum absolute atomic E-state index is 0.0455. The Labute approximate surface area is 212 Å².